The van der Waals surface area contributed by atoms with Gasteiger partial charge in [-0.2, -0.15) is 10.5 Å². The van der Waals surface area contributed by atoms with Gasteiger partial charge in [0.2, 0.25) is 0 Å². The molecule has 0 radical (unpaired) electrons. The van der Waals surface area contributed by atoms with Crippen molar-refractivity contribution in [3.05, 3.63) is 71.8 Å². The van der Waals surface area contributed by atoms with E-state index in [1.54, 1.807) is 0 Å². The second-order valence-electron chi connectivity index (χ2n) is 4.54. The van der Waals surface area contributed by atoms with Gasteiger partial charge in [0.25, 0.3) is 0 Å². The maximum atomic E-state index is 9.21. The molecule has 0 aromatic heterocycles. The first-order valence-corrected chi connectivity index (χ1v) is 8.33. The van der Waals surface area contributed by atoms with Crippen molar-refractivity contribution in [2.45, 2.75) is 4.90 Å². The third-order valence-corrected chi connectivity index (χ3v) is 4.95. The van der Waals surface area contributed by atoms with Gasteiger partial charge in [-0.1, -0.05) is 48.5 Å². The van der Waals surface area contributed by atoms with Gasteiger partial charge < -0.3 is 0 Å². The highest BCUT2D eigenvalue weighted by atomic mass is 32.2. The van der Waals surface area contributed by atoms with Crippen LogP contribution in [-0.4, -0.2) is 12.0 Å². The van der Waals surface area contributed by atoms with Crippen LogP contribution in [0.2, 0.25) is 0 Å². The molecule has 0 aliphatic heterocycles. The predicted molar refractivity (Wildman–Crippen MR) is 87.5 cm³/mol. The van der Waals surface area contributed by atoms with Crippen LogP contribution < -0.4 is 0 Å². The van der Waals surface area contributed by atoms with Gasteiger partial charge in [0.15, 0.2) is 4.90 Å². The fourth-order valence-electron chi connectivity index (χ4n) is 2.05. The smallest absolute Gasteiger partial charge is 0.154 e. The first kappa shape index (κ1) is 14.9. The lowest BCUT2D eigenvalue weighted by atomic mass is 10.0. The second-order valence-corrected chi connectivity index (χ2v) is 6.57. The topological polar surface area (TPSA) is 47.6 Å². The Bertz CT molecular complexity index is 690. The maximum absolute atomic E-state index is 9.21. The number of nitrogens with zero attached hydrogens (tertiary/aromatic N) is 2. The Morgan fingerprint density at radius 2 is 1.43 bits per heavy atom. The van der Waals surface area contributed by atoms with E-state index in [9.17, 15) is 10.5 Å². The van der Waals surface area contributed by atoms with Crippen molar-refractivity contribution < 1.29 is 0 Å². The molecule has 0 N–H and O–H groups in total. The Hall–Kier alpha value is -2.49. The van der Waals surface area contributed by atoms with Crippen molar-refractivity contribution in [1.29, 1.82) is 10.5 Å². The van der Waals surface area contributed by atoms with Crippen molar-refractivity contribution in [3.63, 3.8) is 0 Å². The van der Waals surface area contributed by atoms with Crippen molar-refractivity contribution in [3.8, 4) is 12.1 Å². The lowest BCUT2D eigenvalue weighted by Crippen LogP contribution is -2.09. The standard InChI is InChI=1S/C18H15N2S/c1-21(17-10-6-3-7-11-17)14-18(16(12-19)13-20)15-8-4-2-5-9-15/h2-11H,14H2,1H3/q+1. The van der Waals surface area contributed by atoms with Crippen LogP contribution in [0.25, 0.3) is 5.57 Å². The fourth-order valence-corrected chi connectivity index (χ4v) is 3.58. The minimum absolute atomic E-state index is 0.0478. The van der Waals surface area contributed by atoms with Crippen LogP contribution in [0, 0.1) is 22.7 Å². The van der Waals surface area contributed by atoms with Gasteiger partial charge in [-0.3, -0.25) is 0 Å². The van der Waals surface area contributed by atoms with Crippen LogP contribution in [0.3, 0.4) is 0 Å². The molecule has 1 atom stereocenters. The molecule has 0 spiro atoms. The van der Waals surface area contributed by atoms with Crippen LogP contribution in [-0.2, 0) is 10.9 Å². The van der Waals surface area contributed by atoms with Gasteiger partial charge in [-0.05, 0) is 17.7 Å². The van der Waals surface area contributed by atoms with Crippen LogP contribution >= 0.6 is 0 Å². The van der Waals surface area contributed by atoms with E-state index < -0.39 is 0 Å². The Morgan fingerprint density at radius 1 is 0.905 bits per heavy atom. The highest BCUT2D eigenvalue weighted by Crippen LogP contribution is 2.24. The molecule has 0 saturated carbocycles. The van der Waals surface area contributed by atoms with E-state index in [4.69, 9.17) is 0 Å². The van der Waals surface area contributed by atoms with Crippen molar-refractivity contribution in [2.24, 2.45) is 0 Å². The van der Waals surface area contributed by atoms with Gasteiger partial charge in [0.05, 0.1) is 0 Å². The number of benzene rings is 2. The fraction of sp³-hybridized carbons (Fsp3) is 0.111. The zero-order valence-corrected chi connectivity index (χ0v) is 12.6. The average molecular weight is 291 g/mol. The highest BCUT2D eigenvalue weighted by Gasteiger charge is 2.21. The Morgan fingerprint density at radius 3 is 1.95 bits per heavy atom. The Labute approximate surface area is 128 Å². The summed E-state index contributed by atoms with van der Waals surface area (Å²) in [5.74, 6) is 0.699. The van der Waals surface area contributed by atoms with Crippen LogP contribution in [0.15, 0.2) is 71.1 Å². The lowest BCUT2D eigenvalue weighted by molar-refractivity contribution is 1.42. The molecule has 0 aliphatic rings. The minimum atomic E-state index is -0.0478. The number of hydrogen-bond acceptors (Lipinski definition) is 2. The van der Waals surface area contributed by atoms with E-state index in [0.717, 1.165) is 11.1 Å². The summed E-state index contributed by atoms with van der Waals surface area (Å²) in [5, 5.41) is 18.4. The third-order valence-electron chi connectivity index (χ3n) is 3.15. The third kappa shape index (κ3) is 3.75. The molecule has 2 aromatic rings. The second kappa shape index (κ2) is 7.33. The number of hydrogen-bond donors (Lipinski definition) is 0. The lowest BCUT2D eigenvalue weighted by Gasteiger charge is -2.08. The van der Waals surface area contributed by atoms with Gasteiger partial charge in [0.1, 0.15) is 29.7 Å². The summed E-state index contributed by atoms with van der Waals surface area (Å²) in [7, 11) is -0.0478. The van der Waals surface area contributed by atoms with Gasteiger partial charge >= 0.3 is 0 Å². The average Bonchev–Trinajstić information content (AvgIpc) is 2.56. The Balaban J connectivity index is 2.38. The van der Waals surface area contributed by atoms with E-state index in [1.165, 1.54) is 4.90 Å². The molecular formula is C18H15N2S+. The van der Waals surface area contributed by atoms with E-state index in [0.29, 0.717) is 5.75 Å². The number of nitriles is 2. The summed E-state index contributed by atoms with van der Waals surface area (Å²) in [6, 6.07) is 23.9. The molecule has 0 fully saturated rings. The molecule has 102 valence electrons. The molecule has 21 heavy (non-hydrogen) atoms. The molecular weight excluding hydrogens is 276 g/mol. The molecule has 2 nitrogen and oxygen atoms in total. The predicted octanol–water partition coefficient (Wildman–Crippen LogP) is 3.79. The first-order chi connectivity index (χ1) is 10.3. The highest BCUT2D eigenvalue weighted by molar-refractivity contribution is 7.96. The summed E-state index contributed by atoms with van der Waals surface area (Å²) in [5.41, 5.74) is 1.98. The van der Waals surface area contributed by atoms with E-state index in [-0.39, 0.29) is 16.5 Å². The number of rotatable bonds is 4. The SMILES string of the molecule is C[S+](CC(=C(C#N)C#N)c1ccccc1)c1ccccc1. The summed E-state index contributed by atoms with van der Waals surface area (Å²) < 4.78 is 0. The normalized spacial score (nSPS) is 11.0. The number of allylic oxidation sites excluding steroid dienone is 1. The summed E-state index contributed by atoms with van der Waals surface area (Å²) in [4.78, 5) is 1.24. The summed E-state index contributed by atoms with van der Waals surface area (Å²) >= 11 is 0. The minimum Gasteiger partial charge on any atom is -0.192 e. The van der Waals surface area contributed by atoms with Gasteiger partial charge in [0, 0.05) is 16.5 Å². The Kier molecular flexibility index (Phi) is 5.21. The summed E-state index contributed by atoms with van der Waals surface area (Å²) in [6.07, 6.45) is 2.14. The molecule has 0 heterocycles. The summed E-state index contributed by atoms with van der Waals surface area (Å²) in [6.45, 7) is 0. The molecule has 3 heteroatoms. The van der Waals surface area contributed by atoms with Crippen molar-refractivity contribution in [2.75, 3.05) is 12.0 Å². The van der Waals surface area contributed by atoms with Crippen LogP contribution in [0.1, 0.15) is 5.56 Å². The molecule has 2 rings (SSSR count). The van der Waals surface area contributed by atoms with Gasteiger partial charge in [-0.15, -0.1) is 0 Å². The molecule has 0 amide bonds. The van der Waals surface area contributed by atoms with Crippen LogP contribution in [0.5, 0.6) is 0 Å². The van der Waals surface area contributed by atoms with E-state index >= 15 is 0 Å². The first-order valence-electron chi connectivity index (χ1n) is 6.52. The molecule has 0 aliphatic carbocycles. The monoisotopic (exact) mass is 291 g/mol. The zero-order chi connectivity index (χ0) is 15.1. The molecule has 0 saturated heterocycles. The van der Waals surface area contributed by atoms with E-state index in [1.807, 2.05) is 60.7 Å². The molecule has 0 bridgehead atoms. The van der Waals surface area contributed by atoms with Crippen molar-refractivity contribution >= 4 is 16.5 Å². The largest absolute Gasteiger partial charge is 0.192 e. The molecule has 1 unspecified atom stereocenters. The zero-order valence-electron chi connectivity index (χ0n) is 11.8. The van der Waals surface area contributed by atoms with Crippen LogP contribution in [0.4, 0.5) is 0 Å². The van der Waals surface area contributed by atoms with Crippen molar-refractivity contribution in [1.82, 2.24) is 0 Å². The molecule has 2 aromatic carbocycles. The van der Waals surface area contributed by atoms with Gasteiger partial charge in [-0.25, -0.2) is 0 Å². The quantitative estimate of drug-likeness (QED) is 0.635. The maximum Gasteiger partial charge on any atom is 0.154 e. The van der Waals surface area contributed by atoms with E-state index in [2.05, 4.69) is 18.4 Å².